The largest absolute Gasteiger partial charge is 0.444 e. The van der Waals surface area contributed by atoms with Crippen molar-refractivity contribution in [2.45, 2.75) is 5.41 Å². The molecule has 0 N–H and O–H groups in total. The quantitative estimate of drug-likeness (QED) is 0.0864. The van der Waals surface area contributed by atoms with Crippen LogP contribution in [-0.2, 0) is 5.41 Å². The van der Waals surface area contributed by atoms with E-state index in [2.05, 4.69) is 225 Å². The van der Waals surface area contributed by atoms with Gasteiger partial charge < -0.3 is 4.74 Å². The minimum atomic E-state index is -2.94. The van der Waals surface area contributed by atoms with Crippen LogP contribution in [0.5, 0.6) is 11.5 Å². The van der Waals surface area contributed by atoms with Gasteiger partial charge in [0.15, 0.2) is 20.5 Å². The fraction of sp³-hybridized carbons (Fsp3) is 0.0169. The van der Waals surface area contributed by atoms with E-state index in [0.29, 0.717) is 0 Å². The molecular weight excluding hydrogens is 823 g/mol. The van der Waals surface area contributed by atoms with Crippen molar-refractivity contribution in [3.05, 3.63) is 229 Å². The molecule has 0 saturated carbocycles. The van der Waals surface area contributed by atoms with E-state index in [9.17, 15) is 0 Å². The Hall–Kier alpha value is -8.36. The molecule has 0 amide bonds. The van der Waals surface area contributed by atoms with Gasteiger partial charge in [-0.25, -0.2) is 0 Å². The second-order valence-electron chi connectivity index (χ2n) is 18.9. The Morgan fingerprint density at radius 1 is 0.439 bits per heavy atom. The number of nitrogens with zero attached hydrogens (tertiary/aromatic N) is 5. The van der Waals surface area contributed by atoms with Crippen molar-refractivity contribution in [3.8, 4) is 39.4 Å². The molecule has 7 aliphatic rings. The molecule has 9 heterocycles. The Kier molecular flexibility index (Phi) is 5.33. The third kappa shape index (κ3) is 3.10. The second kappa shape index (κ2) is 10.6. The molecule has 7 heteroatoms. The molecule has 1 atom stereocenters. The summed E-state index contributed by atoms with van der Waals surface area (Å²) >= 11 is 0. The number of fused-ring (bicyclic) bond motifs is 18. The summed E-state index contributed by atoms with van der Waals surface area (Å²) in [5.41, 5.74) is 18.1. The first-order chi connectivity index (χ1) is 32.8. The van der Waals surface area contributed by atoms with Gasteiger partial charge in [0, 0.05) is 26.9 Å². The molecular formula is C59H34N5OSi+3. The number of anilines is 3. The van der Waals surface area contributed by atoms with Gasteiger partial charge in [0.2, 0.25) is 22.9 Å². The van der Waals surface area contributed by atoms with Crippen molar-refractivity contribution in [2.75, 3.05) is 4.90 Å². The number of pyridine rings is 2. The van der Waals surface area contributed by atoms with Gasteiger partial charge in [0.1, 0.15) is 11.2 Å². The highest BCUT2D eigenvalue weighted by atomic mass is 28.3. The summed E-state index contributed by atoms with van der Waals surface area (Å²) in [7, 11) is -2.94. The van der Waals surface area contributed by atoms with Crippen molar-refractivity contribution < 1.29 is 14.1 Å². The highest BCUT2D eigenvalue weighted by Crippen LogP contribution is 2.67. The van der Waals surface area contributed by atoms with E-state index in [4.69, 9.17) is 4.74 Å². The zero-order valence-corrected chi connectivity index (χ0v) is 36.3. The Bertz CT molecular complexity index is 4120. The zero-order valence-electron chi connectivity index (χ0n) is 35.3. The predicted molar refractivity (Wildman–Crippen MR) is 262 cm³/mol. The lowest BCUT2D eigenvalue weighted by atomic mass is 9.65. The molecule has 3 aromatic heterocycles. The first kappa shape index (κ1) is 33.2. The lowest BCUT2D eigenvalue weighted by molar-refractivity contribution is -1.03. The molecule has 0 bridgehead atoms. The zero-order chi connectivity index (χ0) is 42.4. The van der Waals surface area contributed by atoms with Crippen LogP contribution >= 0.6 is 0 Å². The maximum Gasteiger partial charge on any atom is 0.350 e. The number of para-hydroxylation sites is 3. The van der Waals surface area contributed by atoms with Gasteiger partial charge in [0.25, 0.3) is 0 Å². The normalized spacial score (nSPS) is 18.1. The van der Waals surface area contributed by atoms with Gasteiger partial charge in [-0.05, 0) is 114 Å². The Labute approximate surface area is 379 Å². The lowest BCUT2D eigenvalue weighted by Crippen LogP contribution is -2.89. The molecule has 6 nitrogen and oxygen atoms in total. The number of rotatable bonds is 0. The molecule has 18 rings (SSSR count). The molecule has 302 valence electrons. The number of ether oxygens (including phenoxy) is 1. The first-order valence-electron chi connectivity index (χ1n) is 23.0. The van der Waals surface area contributed by atoms with Gasteiger partial charge in [-0.15, -0.1) is 0 Å². The second-order valence-corrected chi connectivity index (χ2v) is 22.5. The van der Waals surface area contributed by atoms with E-state index in [1.807, 2.05) is 0 Å². The molecule has 66 heavy (non-hydrogen) atoms. The van der Waals surface area contributed by atoms with E-state index < -0.39 is 13.5 Å². The third-order valence-electron chi connectivity index (χ3n) is 16.6. The maximum atomic E-state index is 7.39. The van der Waals surface area contributed by atoms with Crippen LogP contribution in [0.1, 0.15) is 22.3 Å². The molecule has 0 radical (unpaired) electrons. The molecule has 11 aromatic rings. The number of quaternary nitrogens is 1. The van der Waals surface area contributed by atoms with E-state index in [0.717, 1.165) is 28.6 Å². The van der Waals surface area contributed by atoms with Gasteiger partial charge in [0.05, 0.1) is 15.5 Å². The summed E-state index contributed by atoms with van der Waals surface area (Å²) in [5, 5.41) is 8.19. The van der Waals surface area contributed by atoms with Crippen molar-refractivity contribution in [3.63, 3.8) is 0 Å². The summed E-state index contributed by atoms with van der Waals surface area (Å²) in [6.45, 7) is 0. The Morgan fingerprint density at radius 3 is 1.82 bits per heavy atom. The molecule has 8 aromatic carbocycles. The van der Waals surface area contributed by atoms with E-state index in [1.165, 1.54) is 104 Å². The number of hydrogen-bond acceptors (Lipinski definition) is 2. The molecule has 3 spiro atoms. The van der Waals surface area contributed by atoms with Gasteiger partial charge in [-0.2, -0.15) is 9.47 Å². The van der Waals surface area contributed by atoms with Gasteiger partial charge in [-0.3, -0.25) is 0 Å². The van der Waals surface area contributed by atoms with Crippen LogP contribution < -0.4 is 44.4 Å². The van der Waals surface area contributed by atoms with Crippen molar-refractivity contribution in [1.29, 1.82) is 0 Å². The molecule has 0 saturated heterocycles. The summed E-state index contributed by atoms with van der Waals surface area (Å²) < 4.78 is 15.5. The van der Waals surface area contributed by atoms with Crippen molar-refractivity contribution in [1.82, 2.24) is 9.27 Å². The minimum Gasteiger partial charge on any atom is -0.444 e. The minimum absolute atomic E-state index is 0.266. The summed E-state index contributed by atoms with van der Waals surface area (Å²) in [5.74, 6) is 2.91. The SMILES string of the molecule is c1ccc2c(c1)-c1ccccc1C21c2ccc3c4c2-n2c5c1cccc5c1ccc[n+](c12)[N+]41c2c(cccc2N2c4ccccc4[Si]4(c5ccccc5-c5ccccc54)c4ccc[n+]1c42)O3. The van der Waals surface area contributed by atoms with Gasteiger partial charge >= 0.3 is 22.8 Å². The lowest BCUT2D eigenvalue weighted by Gasteiger charge is -2.46. The predicted octanol–water partition coefficient (Wildman–Crippen LogP) is 9.47. The fourth-order valence-corrected chi connectivity index (χ4v) is 20.1. The first-order valence-corrected chi connectivity index (χ1v) is 25.0. The van der Waals surface area contributed by atoms with Crippen molar-refractivity contribution >= 4 is 79.3 Å². The molecule has 0 fully saturated rings. The summed E-state index contributed by atoms with van der Waals surface area (Å²) in [4.78, 5) is 2.58. The smallest absolute Gasteiger partial charge is 0.350 e. The summed E-state index contributed by atoms with van der Waals surface area (Å²) in [6.07, 6.45) is 4.68. The highest BCUT2D eigenvalue weighted by molar-refractivity contribution is 7.23. The van der Waals surface area contributed by atoms with Crippen LogP contribution in [0.2, 0.25) is 0 Å². The van der Waals surface area contributed by atoms with Crippen LogP contribution in [0.25, 0.3) is 49.9 Å². The number of hydrogen-bond donors (Lipinski definition) is 0. The van der Waals surface area contributed by atoms with Crippen molar-refractivity contribution in [2.24, 2.45) is 0 Å². The van der Waals surface area contributed by atoms with E-state index in [1.54, 1.807) is 0 Å². The van der Waals surface area contributed by atoms with Crippen LogP contribution in [0.3, 0.4) is 0 Å². The molecule has 6 aliphatic heterocycles. The average Bonchev–Trinajstić information content (AvgIpc) is 3.99. The van der Waals surface area contributed by atoms with Crippen LogP contribution in [0.15, 0.2) is 207 Å². The molecule has 1 aliphatic carbocycles. The highest BCUT2D eigenvalue weighted by Gasteiger charge is 2.72. The van der Waals surface area contributed by atoms with Gasteiger partial charge in [-0.1, -0.05) is 133 Å². The maximum absolute atomic E-state index is 7.39. The average molecular weight is 857 g/mol. The monoisotopic (exact) mass is 856 g/mol. The third-order valence-corrected chi connectivity index (χ3v) is 21.5. The Morgan fingerprint density at radius 2 is 1.03 bits per heavy atom. The van der Waals surface area contributed by atoms with Crippen LogP contribution in [-0.4, -0.2) is 12.6 Å². The van der Waals surface area contributed by atoms with Crippen LogP contribution in [0, 0.1) is 0 Å². The summed E-state index contributed by atoms with van der Waals surface area (Å²) in [6, 6.07) is 73.9. The van der Waals surface area contributed by atoms with E-state index in [-0.39, 0.29) is 4.70 Å². The Balaban J connectivity index is 1.08. The number of benzene rings is 8. The standard InChI is InChI=1S/C59H34N5OSi/c1-5-21-41-35(15-1)36-16-2-6-22-42(36)59(41)43-23-11-19-39-40-20-13-33-60-57(40)63(53(39)43)54-44(59)31-32-48-56(54)64(60)55-46(25-12-26-47(55)65-48)62-45-24-7-10-29-51(45)66(52-30-14-34-61(64)58(52)62)49-27-8-3-17-37(49)38-18-4-9-28-50(38)66/h1-34H/q+3. The molecule has 1 unspecified atom stereocenters. The fourth-order valence-electron chi connectivity index (χ4n) is 14.6. The number of aromatic nitrogens is 3. The topological polar surface area (TPSA) is 25.2 Å². The van der Waals surface area contributed by atoms with Crippen LogP contribution in [0.4, 0.5) is 28.6 Å². The van der Waals surface area contributed by atoms with E-state index >= 15 is 0 Å².